The molecule has 0 aromatic carbocycles. The Morgan fingerprint density at radius 2 is 2.30 bits per heavy atom. The van der Waals surface area contributed by atoms with Gasteiger partial charge >= 0.3 is 0 Å². The van der Waals surface area contributed by atoms with Crippen molar-refractivity contribution in [3.05, 3.63) is 0 Å². The number of nitrogens with two attached hydrogens (primary N) is 1. The predicted octanol–water partition coefficient (Wildman–Crippen LogP) is 2.31. The highest BCUT2D eigenvalue weighted by Gasteiger charge is 2.29. The molecule has 1 aliphatic heterocycles. The maximum absolute atomic E-state index is 11.6. The van der Waals surface area contributed by atoms with Crippen LogP contribution in [0.1, 0.15) is 52.4 Å². The van der Waals surface area contributed by atoms with Crippen molar-refractivity contribution in [2.75, 3.05) is 24.7 Å². The number of carbonyl (C=O) groups excluding carboxylic acids is 1. The monoisotopic (exact) mass is 302 g/mol. The van der Waals surface area contributed by atoms with Gasteiger partial charge in [-0.3, -0.25) is 4.79 Å². The van der Waals surface area contributed by atoms with Gasteiger partial charge in [-0.1, -0.05) is 13.3 Å². The van der Waals surface area contributed by atoms with Gasteiger partial charge in [-0.05, 0) is 51.3 Å². The van der Waals surface area contributed by atoms with Crippen molar-refractivity contribution in [2.45, 2.75) is 64.0 Å². The molecule has 5 heteroatoms. The molecule has 0 aromatic heterocycles. The van der Waals surface area contributed by atoms with Gasteiger partial charge in [-0.2, -0.15) is 11.8 Å². The van der Waals surface area contributed by atoms with E-state index in [2.05, 4.69) is 12.2 Å². The molecule has 0 aromatic rings. The number of unbranched alkanes of at least 4 members (excludes halogenated alkanes) is 1. The van der Waals surface area contributed by atoms with E-state index >= 15 is 0 Å². The average molecular weight is 302 g/mol. The number of thioether (sulfide) groups is 1. The topological polar surface area (TPSA) is 64.3 Å². The summed E-state index contributed by atoms with van der Waals surface area (Å²) in [6.07, 6.45) is 6.91. The molecular weight excluding hydrogens is 272 g/mol. The number of hydrogen-bond donors (Lipinski definition) is 2. The van der Waals surface area contributed by atoms with Gasteiger partial charge in [-0.15, -0.1) is 0 Å². The molecule has 0 spiro atoms. The van der Waals surface area contributed by atoms with Gasteiger partial charge in [0.15, 0.2) is 0 Å². The van der Waals surface area contributed by atoms with Crippen LogP contribution in [0.5, 0.6) is 0 Å². The number of rotatable bonds is 11. The first kappa shape index (κ1) is 17.8. The second kappa shape index (κ2) is 9.64. The third-order valence-corrected chi connectivity index (χ3v) is 5.04. The molecule has 118 valence electrons. The van der Waals surface area contributed by atoms with E-state index in [1.165, 1.54) is 12.8 Å². The van der Waals surface area contributed by atoms with Crippen LogP contribution < -0.4 is 11.1 Å². The van der Waals surface area contributed by atoms with Gasteiger partial charge in [0.1, 0.15) is 0 Å². The summed E-state index contributed by atoms with van der Waals surface area (Å²) in [4.78, 5) is 11.6. The van der Waals surface area contributed by atoms with E-state index in [1.54, 1.807) is 0 Å². The van der Waals surface area contributed by atoms with Crippen molar-refractivity contribution < 1.29 is 9.53 Å². The average Bonchev–Trinajstić information content (AvgIpc) is 2.93. The minimum absolute atomic E-state index is 0.238. The molecule has 1 amide bonds. The Morgan fingerprint density at radius 3 is 2.90 bits per heavy atom. The second-order valence-corrected chi connectivity index (χ2v) is 6.94. The molecule has 2 atom stereocenters. The van der Waals surface area contributed by atoms with Crippen molar-refractivity contribution in [2.24, 2.45) is 5.73 Å². The number of ether oxygens (including phenoxy) is 1. The lowest BCUT2D eigenvalue weighted by Crippen LogP contribution is -2.53. The summed E-state index contributed by atoms with van der Waals surface area (Å²) < 4.78 is 5.60. The van der Waals surface area contributed by atoms with Gasteiger partial charge in [0.05, 0.1) is 11.6 Å². The lowest BCUT2D eigenvalue weighted by Gasteiger charge is -2.27. The van der Waals surface area contributed by atoms with Crippen molar-refractivity contribution in [3.8, 4) is 0 Å². The molecular formula is C15H30N2O2S. The molecule has 0 saturated carbocycles. The highest BCUT2D eigenvalue weighted by Crippen LogP contribution is 2.19. The maximum Gasteiger partial charge on any atom is 0.237 e. The molecule has 0 radical (unpaired) electrons. The molecule has 4 nitrogen and oxygen atoms in total. The van der Waals surface area contributed by atoms with Crippen LogP contribution in [0.25, 0.3) is 0 Å². The number of nitrogens with one attached hydrogen (secondary N) is 1. The van der Waals surface area contributed by atoms with Crippen LogP contribution in [0.2, 0.25) is 0 Å². The SMILES string of the molecule is CCCNC(C)(CCCCSCC1CCCO1)C(N)=O. The van der Waals surface area contributed by atoms with Crippen LogP contribution in [0.4, 0.5) is 0 Å². The maximum atomic E-state index is 11.6. The molecule has 1 aliphatic rings. The number of carbonyl (C=O) groups is 1. The van der Waals surface area contributed by atoms with Gasteiger partial charge in [0.2, 0.25) is 5.91 Å². The standard InChI is InChI=1S/C15H30N2O2S/c1-3-9-17-15(2,14(16)18)8-4-5-11-20-12-13-7-6-10-19-13/h13,17H,3-12H2,1-2H3,(H2,16,18). The van der Waals surface area contributed by atoms with Gasteiger partial charge in [0, 0.05) is 12.4 Å². The highest BCUT2D eigenvalue weighted by molar-refractivity contribution is 7.99. The summed E-state index contributed by atoms with van der Waals surface area (Å²) in [5, 5.41) is 3.28. The van der Waals surface area contributed by atoms with Crippen LogP contribution in [-0.2, 0) is 9.53 Å². The van der Waals surface area contributed by atoms with E-state index < -0.39 is 5.54 Å². The fourth-order valence-electron chi connectivity index (χ4n) is 2.37. The predicted molar refractivity (Wildman–Crippen MR) is 86.0 cm³/mol. The Morgan fingerprint density at radius 1 is 1.50 bits per heavy atom. The smallest absolute Gasteiger partial charge is 0.237 e. The summed E-state index contributed by atoms with van der Waals surface area (Å²) in [7, 11) is 0. The minimum atomic E-state index is -0.546. The zero-order valence-electron chi connectivity index (χ0n) is 13.0. The first-order valence-electron chi connectivity index (χ1n) is 7.83. The zero-order chi connectivity index (χ0) is 14.8. The van der Waals surface area contributed by atoms with Crippen LogP contribution >= 0.6 is 11.8 Å². The van der Waals surface area contributed by atoms with Crippen molar-refractivity contribution in [1.82, 2.24) is 5.32 Å². The Kier molecular flexibility index (Phi) is 8.57. The fraction of sp³-hybridized carbons (Fsp3) is 0.933. The van der Waals surface area contributed by atoms with Crippen molar-refractivity contribution in [3.63, 3.8) is 0 Å². The Bertz CT molecular complexity index is 283. The van der Waals surface area contributed by atoms with E-state index in [-0.39, 0.29) is 5.91 Å². The molecule has 1 heterocycles. The van der Waals surface area contributed by atoms with Gasteiger partial charge in [-0.25, -0.2) is 0 Å². The summed E-state index contributed by atoms with van der Waals surface area (Å²) in [6, 6.07) is 0. The quantitative estimate of drug-likeness (QED) is 0.575. The third-order valence-electron chi connectivity index (χ3n) is 3.85. The molecule has 0 aliphatic carbocycles. The molecule has 20 heavy (non-hydrogen) atoms. The van der Waals surface area contributed by atoms with E-state index in [0.29, 0.717) is 6.10 Å². The van der Waals surface area contributed by atoms with Crippen LogP contribution in [0, 0.1) is 0 Å². The summed E-state index contributed by atoms with van der Waals surface area (Å²) >= 11 is 1.97. The minimum Gasteiger partial charge on any atom is -0.377 e. The van der Waals surface area contributed by atoms with E-state index in [1.807, 2.05) is 18.7 Å². The van der Waals surface area contributed by atoms with Gasteiger partial charge in [0.25, 0.3) is 0 Å². The molecule has 3 N–H and O–H groups in total. The highest BCUT2D eigenvalue weighted by atomic mass is 32.2. The zero-order valence-corrected chi connectivity index (χ0v) is 13.8. The lowest BCUT2D eigenvalue weighted by molar-refractivity contribution is -0.124. The Balaban J connectivity index is 2.09. The summed E-state index contributed by atoms with van der Waals surface area (Å²) in [6.45, 7) is 5.79. The van der Waals surface area contributed by atoms with Crippen LogP contribution in [0.3, 0.4) is 0 Å². The number of amides is 1. The van der Waals surface area contributed by atoms with E-state index in [9.17, 15) is 4.79 Å². The second-order valence-electron chi connectivity index (χ2n) is 5.79. The number of primary amides is 1. The first-order chi connectivity index (χ1) is 9.58. The van der Waals surface area contributed by atoms with Crippen molar-refractivity contribution in [1.29, 1.82) is 0 Å². The van der Waals surface area contributed by atoms with E-state index in [0.717, 1.165) is 50.3 Å². The Hall–Kier alpha value is -0.260. The molecule has 1 saturated heterocycles. The normalized spacial score (nSPS) is 21.8. The molecule has 1 fully saturated rings. The van der Waals surface area contributed by atoms with Crippen molar-refractivity contribution >= 4 is 17.7 Å². The largest absolute Gasteiger partial charge is 0.377 e. The molecule has 0 bridgehead atoms. The van der Waals surface area contributed by atoms with E-state index in [4.69, 9.17) is 10.5 Å². The van der Waals surface area contributed by atoms with Crippen LogP contribution in [0.15, 0.2) is 0 Å². The molecule has 1 rings (SSSR count). The third kappa shape index (κ3) is 6.46. The van der Waals surface area contributed by atoms with Gasteiger partial charge < -0.3 is 15.8 Å². The first-order valence-corrected chi connectivity index (χ1v) is 8.98. The lowest BCUT2D eigenvalue weighted by atomic mass is 9.94. The Labute approximate surface area is 127 Å². The summed E-state index contributed by atoms with van der Waals surface area (Å²) in [5.41, 5.74) is 4.97. The molecule has 2 unspecified atom stereocenters. The fourth-order valence-corrected chi connectivity index (χ4v) is 3.47. The number of hydrogen-bond acceptors (Lipinski definition) is 4. The van der Waals surface area contributed by atoms with Crippen LogP contribution in [-0.4, -0.2) is 42.2 Å². The summed E-state index contributed by atoms with van der Waals surface area (Å²) in [5.74, 6) is 2.02.